The van der Waals surface area contributed by atoms with Crippen LogP contribution in [0.25, 0.3) is 0 Å². The summed E-state index contributed by atoms with van der Waals surface area (Å²) in [5.41, 5.74) is -0.974. The molecule has 20 heavy (non-hydrogen) atoms. The number of hydrogen-bond acceptors (Lipinski definition) is 5. The highest BCUT2D eigenvalue weighted by Gasteiger charge is 2.33. The third-order valence-corrected chi connectivity index (χ3v) is 3.27. The number of halogens is 3. The van der Waals surface area contributed by atoms with Gasteiger partial charge < -0.3 is 10.0 Å². The van der Waals surface area contributed by atoms with Crippen LogP contribution in [0.4, 0.5) is 19.0 Å². The highest BCUT2D eigenvalue weighted by molar-refractivity contribution is 5.37. The average Bonchev–Trinajstić information content (AvgIpc) is 2.64. The number of aliphatic hydroxyl groups excluding tert-OH is 1. The molecule has 0 radical (unpaired) electrons. The van der Waals surface area contributed by atoms with Gasteiger partial charge in [-0.25, -0.2) is 0 Å². The van der Waals surface area contributed by atoms with E-state index in [1.165, 1.54) is 6.07 Å². The van der Waals surface area contributed by atoms with Crippen molar-refractivity contribution >= 4 is 5.82 Å². The van der Waals surface area contributed by atoms with Crippen molar-refractivity contribution < 1.29 is 18.3 Å². The lowest BCUT2D eigenvalue weighted by molar-refractivity contribution is -0.141. The van der Waals surface area contributed by atoms with Gasteiger partial charge in [0.2, 0.25) is 0 Å². The van der Waals surface area contributed by atoms with Gasteiger partial charge in [-0.1, -0.05) is 0 Å². The molecule has 1 N–H and O–H groups in total. The smallest absolute Gasteiger partial charge is 0.395 e. The Morgan fingerprint density at radius 2 is 1.90 bits per heavy atom. The molecule has 0 atom stereocenters. The number of alkyl halides is 3. The molecule has 2 rings (SSSR count). The van der Waals surface area contributed by atoms with Gasteiger partial charge in [0.1, 0.15) is 0 Å². The van der Waals surface area contributed by atoms with Gasteiger partial charge in [-0.3, -0.25) is 4.90 Å². The number of hydrogen-bond donors (Lipinski definition) is 1. The summed E-state index contributed by atoms with van der Waals surface area (Å²) in [5.74, 6) is 0.462. The minimum Gasteiger partial charge on any atom is -0.395 e. The number of β-amino-alcohol motifs (C(OH)–C–C–N with tert-alkyl or cyclic N) is 1. The van der Waals surface area contributed by atoms with Crippen LogP contribution >= 0.6 is 0 Å². The molecule has 0 unspecified atom stereocenters. The monoisotopic (exact) mass is 290 g/mol. The fourth-order valence-electron chi connectivity index (χ4n) is 2.21. The zero-order chi connectivity index (χ0) is 14.6. The molecule has 0 amide bonds. The Morgan fingerprint density at radius 3 is 2.50 bits per heavy atom. The van der Waals surface area contributed by atoms with E-state index in [-0.39, 0.29) is 6.61 Å². The van der Waals surface area contributed by atoms with E-state index in [1.807, 2.05) is 4.90 Å². The SMILES string of the molecule is OCCN1CCCN(c2ccc(C(F)(F)F)nn2)CC1. The van der Waals surface area contributed by atoms with Gasteiger partial charge in [0.05, 0.1) is 6.61 Å². The van der Waals surface area contributed by atoms with Crippen molar-refractivity contribution in [2.45, 2.75) is 12.6 Å². The molecule has 0 saturated carbocycles. The minimum absolute atomic E-state index is 0.111. The van der Waals surface area contributed by atoms with Crippen molar-refractivity contribution in [3.05, 3.63) is 17.8 Å². The summed E-state index contributed by atoms with van der Waals surface area (Å²) in [5, 5.41) is 15.8. The van der Waals surface area contributed by atoms with Gasteiger partial charge in [-0.2, -0.15) is 13.2 Å². The van der Waals surface area contributed by atoms with E-state index in [0.717, 1.165) is 32.1 Å². The molecule has 0 bridgehead atoms. The second kappa shape index (κ2) is 6.36. The number of nitrogens with zero attached hydrogens (tertiary/aromatic N) is 4. The minimum atomic E-state index is -4.46. The summed E-state index contributed by atoms with van der Waals surface area (Å²) in [7, 11) is 0. The second-order valence-corrected chi connectivity index (χ2v) is 4.68. The quantitative estimate of drug-likeness (QED) is 0.900. The van der Waals surface area contributed by atoms with Crippen molar-refractivity contribution in [2.24, 2.45) is 0 Å². The Kier molecular flexibility index (Phi) is 4.77. The fourth-order valence-corrected chi connectivity index (χ4v) is 2.21. The van der Waals surface area contributed by atoms with E-state index < -0.39 is 11.9 Å². The maximum atomic E-state index is 12.4. The predicted octanol–water partition coefficient (Wildman–Crippen LogP) is 1.000. The Labute approximate surface area is 115 Å². The first kappa shape index (κ1) is 15.0. The molecule has 5 nitrogen and oxygen atoms in total. The Balaban J connectivity index is 2.01. The molecule has 0 aromatic carbocycles. The molecule has 1 fully saturated rings. The van der Waals surface area contributed by atoms with Crippen LogP contribution in [0.15, 0.2) is 12.1 Å². The van der Waals surface area contributed by atoms with Crippen LogP contribution in [-0.4, -0.2) is 59.5 Å². The average molecular weight is 290 g/mol. The number of aromatic nitrogens is 2. The van der Waals surface area contributed by atoms with E-state index in [0.29, 0.717) is 18.9 Å². The van der Waals surface area contributed by atoms with Crippen LogP contribution in [0.2, 0.25) is 0 Å². The van der Waals surface area contributed by atoms with Gasteiger partial charge in [-0.15, -0.1) is 10.2 Å². The van der Waals surface area contributed by atoms with Crippen LogP contribution in [0.3, 0.4) is 0 Å². The van der Waals surface area contributed by atoms with Crippen LogP contribution in [0, 0.1) is 0 Å². The maximum absolute atomic E-state index is 12.4. The predicted molar refractivity (Wildman–Crippen MR) is 67.4 cm³/mol. The van der Waals surface area contributed by atoms with Crippen LogP contribution in [-0.2, 0) is 6.18 Å². The van der Waals surface area contributed by atoms with Gasteiger partial charge in [0.15, 0.2) is 11.5 Å². The molecule has 1 aromatic rings. The first-order valence-corrected chi connectivity index (χ1v) is 6.50. The molecule has 8 heteroatoms. The van der Waals surface area contributed by atoms with E-state index in [9.17, 15) is 13.2 Å². The lowest BCUT2D eigenvalue weighted by Crippen LogP contribution is -2.32. The topological polar surface area (TPSA) is 52.5 Å². The number of rotatable bonds is 3. The third-order valence-electron chi connectivity index (χ3n) is 3.27. The Hall–Kier alpha value is -1.41. The Bertz CT molecular complexity index is 424. The molecule has 112 valence electrons. The molecule has 1 aliphatic rings. The fraction of sp³-hybridized carbons (Fsp3) is 0.667. The molecule has 2 heterocycles. The molecular formula is C12H17F3N4O. The van der Waals surface area contributed by atoms with E-state index in [4.69, 9.17) is 5.11 Å². The van der Waals surface area contributed by atoms with Crippen molar-refractivity contribution in [2.75, 3.05) is 44.2 Å². The van der Waals surface area contributed by atoms with Gasteiger partial charge in [0, 0.05) is 26.2 Å². The summed E-state index contributed by atoms with van der Waals surface area (Å²) in [6, 6.07) is 2.32. The molecule has 1 aliphatic heterocycles. The summed E-state index contributed by atoms with van der Waals surface area (Å²) in [4.78, 5) is 4.04. The molecule has 0 spiro atoms. The molecule has 0 aliphatic carbocycles. The van der Waals surface area contributed by atoms with Crippen LogP contribution < -0.4 is 4.90 Å². The standard InChI is InChI=1S/C12H17F3N4O/c13-12(14,15)10-2-3-11(17-16-10)19-5-1-4-18(6-7-19)8-9-20/h2-3,20H,1,4-9H2. The van der Waals surface area contributed by atoms with E-state index >= 15 is 0 Å². The van der Waals surface area contributed by atoms with Gasteiger partial charge >= 0.3 is 6.18 Å². The third kappa shape index (κ3) is 3.80. The van der Waals surface area contributed by atoms with E-state index in [1.54, 1.807) is 0 Å². The lowest BCUT2D eigenvalue weighted by atomic mass is 10.3. The van der Waals surface area contributed by atoms with Gasteiger partial charge in [0.25, 0.3) is 0 Å². The summed E-state index contributed by atoms with van der Waals surface area (Å²) in [6.07, 6.45) is -3.58. The van der Waals surface area contributed by atoms with E-state index in [2.05, 4.69) is 15.1 Å². The normalized spacial score (nSPS) is 18.1. The highest BCUT2D eigenvalue weighted by Crippen LogP contribution is 2.27. The van der Waals surface area contributed by atoms with Crippen LogP contribution in [0.1, 0.15) is 12.1 Å². The van der Waals surface area contributed by atoms with Crippen molar-refractivity contribution in [3.8, 4) is 0 Å². The van der Waals surface area contributed by atoms with Crippen molar-refractivity contribution in [3.63, 3.8) is 0 Å². The van der Waals surface area contributed by atoms with Crippen molar-refractivity contribution in [1.29, 1.82) is 0 Å². The molecular weight excluding hydrogens is 273 g/mol. The molecule has 1 aromatic heterocycles. The van der Waals surface area contributed by atoms with Crippen LogP contribution in [0.5, 0.6) is 0 Å². The zero-order valence-electron chi connectivity index (χ0n) is 11.0. The summed E-state index contributed by atoms with van der Waals surface area (Å²) < 4.78 is 37.2. The summed E-state index contributed by atoms with van der Waals surface area (Å²) >= 11 is 0. The lowest BCUT2D eigenvalue weighted by Gasteiger charge is -2.22. The maximum Gasteiger partial charge on any atom is 0.435 e. The van der Waals surface area contributed by atoms with Gasteiger partial charge in [-0.05, 0) is 25.1 Å². The largest absolute Gasteiger partial charge is 0.435 e. The van der Waals surface area contributed by atoms with Crippen molar-refractivity contribution in [1.82, 2.24) is 15.1 Å². The number of aliphatic hydroxyl groups is 1. The molecule has 1 saturated heterocycles. The Morgan fingerprint density at radius 1 is 1.10 bits per heavy atom. The highest BCUT2D eigenvalue weighted by atomic mass is 19.4. The zero-order valence-corrected chi connectivity index (χ0v) is 11.0. The first-order chi connectivity index (χ1) is 9.50. The second-order valence-electron chi connectivity index (χ2n) is 4.68. The summed E-state index contributed by atoms with van der Waals surface area (Å²) in [6.45, 7) is 3.74. The first-order valence-electron chi connectivity index (χ1n) is 6.50. The number of anilines is 1.